The van der Waals surface area contributed by atoms with E-state index in [1.54, 1.807) is 0 Å². The number of allylic oxidation sites excluding steroid dienone is 2. The number of amidine groups is 1. The van der Waals surface area contributed by atoms with Crippen LogP contribution >= 0.6 is 0 Å². The number of amides is 1. The Morgan fingerprint density at radius 1 is 1.19 bits per heavy atom. The molecular formula is C16H12F6N4O. The van der Waals surface area contributed by atoms with Crippen molar-refractivity contribution in [1.29, 1.82) is 10.7 Å². The Morgan fingerprint density at radius 2 is 1.67 bits per heavy atom. The highest BCUT2D eigenvalue weighted by Gasteiger charge is 2.75. The molecule has 1 aromatic carbocycles. The van der Waals surface area contributed by atoms with E-state index in [0.717, 1.165) is 17.9 Å². The Balaban J connectivity index is 2.70. The molecule has 1 atom stereocenters. The van der Waals surface area contributed by atoms with Crippen LogP contribution in [0.5, 0.6) is 0 Å². The fourth-order valence-corrected chi connectivity index (χ4v) is 2.94. The molecule has 0 saturated carbocycles. The Kier molecular flexibility index (Phi) is 4.73. The standard InChI is InChI=1S/C16H12F6N4O/c1-8-6-14(15(17,18)19,16(20,21)22)11(7-23)12(24)26(8)10-4-2-9(3-5-10)13(25)27/h2-6,11,24H,1H3,(H2,25,27). The number of nitrogens with one attached hydrogen (secondary N) is 1. The summed E-state index contributed by atoms with van der Waals surface area (Å²) < 4.78 is 80.8. The van der Waals surface area contributed by atoms with Gasteiger partial charge in [0, 0.05) is 16.9 Å². The minimum absolute atomic E-state index is 0.0111. The molecule has 0 aliphatic carbocycles. The van der Waals surface area contributed by atoms with Crippen molar-refractivity contribution in [3.63, 3.8) is 0 Å². The minimum atomic E-state index is -5.85. The van der Waals surface area contributed by atoms with Gasteiger partial charge in [0.2, 0.25) is 11.3 Å². The molecule has 1 aromatic rings. The average molecular weight is 390 g/mol. The highest BCUT2D eigenvalue weighted by Crippen LogP contribution is 2.58. The van der Waals surface area contributed by atoms with E-state index in [1.807, 2.05) is 0 Å². The lowest BCUT2D eigenvalue weighted by Gasteiger charge is -2.45. The number of hydrogen-bond acceptors (Lipinski definition) is 3. The summed E-state index contributed by atoms with van der Waals surface area (Å²) in [5.41, 5.74) is 0.105. The summed E-state index contributed by atoms with van der Waals surface area (Å²) in [6, 6.07) is 5.80. The number of carbonyl (C=O) groups is 1. The van der Waals surface area contributed by atoms with E-state index in [0.29, 0.717) is 0 Å². The lowest BCUT2D eigenvalue weighted by molar-refractivity contribution is -0.327. The summed E-state index contributed by atoms with van der Waals surface area (Å²) in [6.07, 6.45) is -11.8. The number of anilines is 1. The average Bonchev–Trinajstić information content (AvgIpc) is 2.52. The minimum Gasteiger partial charge on any atom is -0.366 e. The summed E-state index contributed by atoms with van der Waals surface area (Å²) in [6.45, 7) is 0.969. The van der Waals surface area contributed by atoms with Gasteiger partial charge in [0.15, 0.2) is 0 Å². The second-order valence-corrected chi connectivity index (χ2v) is 5.84. The Labute approximate surface area is 149 Å². The van der Waals surface area contributed by atoms with E-state index in [1.165, 1.54) is 24.3 Å². The zero-order valence-corrected chi connectivity index (χ0v) is 13.6. The molecule has 1 unspecified atom stereocenters. The number of benzene rings is 1. The first-order chi connectivity index (χ1) is 12.3. The van der Waals surface area contributed by atoms with E-state index in [2.05, 4.69) is 0 Å². The number of rotatable bonds is 2. The van der Waals surface area contributed by atoms with Crippen molar-refractivity contribution in [2.75, 3.05) is 4.90 Å². The maximum Gasteiger partial charge on any atom is 0.408 e. The summed E-state index contributed by atoms with van der Waals surface area (Å²) in [7, 11) is 0. The fraction of sp³-hybridized carbons (Fsp3) is 0.312. The van der Waals surface area contributed by atoms with Crippen LogP contribution in [0.15, 0.2) is 36.0 Å². The molecule has 1 aliphatic heterocycles. The number of primary amides is 1. The lowest BCUT2D eigenvalue weighted by atomic mass is 9.70. The second-order valence-electron chi connectivity index (χ2n) is 5.84. The molecule has 5 nitrogen and oxygen atoms in total. The smallest absolute Gasteiger partial charge is 0.366 e. The zero-order chi connectivity index (χ0) is 20.8. The molecule has 0 radical (unpaired) electrons. The van der Waals surface area contributed by atoms with Crippen molar-refractivity contribution in [3.05, 3.63) is 41.6 Å². The fourth-order valence-electron chi connectivity index (χ4n) is 2.94. The first kappa shape index (κ1) is 20.3. The molecule has 11 heteroatoms. The Hall–Kier alpha value is -3.03. The maximum absolute atomic E-state index is 13.5. The van der Waals surface area contributed by atoms with Gasteiger partial charge in [-0.25, -0.2) is 0 Å². The number of halogens is 6. The van der Waals surface area contributed by atoms with Crippen molar-refractivity contribution in [2.24, 2.45) is 17.1 Å². The van der Waals surface area contributed by atoms with E-state index in [9.17, 15) is 31.1 Å². The van der Waals surface area contributed by atoms with E-state index < -0.39 is 41.1 Å². The molecule has 1 amide bonds. The first-order valence-corrected chi connectivity index (χ1v) is 7.29. The Bertz CT molecular complexity index is 834. The second kappa shape index (κ2) is 6.29. The van der Waals surface area contributed by atoms with Gasteiger partial charge in [-0.1, -0.05) is 0 Å². The van der Waals surface area contributed by atoms with Gasteiger partial charge in [-0.3, -0.25) is 10.2 Å². The third kappa shape index (κ3) is 3.01. The third-order valence-electron chi connectivity index (χ3n) is 4.24. The van der Waals surface area contributed by atoms with Crippen LogP contribution in [0.3, 0.4) is 0 Å². The van der Waals surface area contributed by atoms with Gasteiger partial charge in [-0.15, -0.1) is 0 Å². The molecule has 144 valence electrons. The van der Waals surface area contributed by atoms with Crippen molar-refractivity contribution in [3.8, 4) is 6.07 Å². The molecule has 2 rings (SSSR count). The van der Waals surface area contributed by atoms with Crippen molar-refractivity contribution >= 4 is 17.4 Å². The SMILES string of the molecule is CC1=CC(C(F)(F)F)(C(F)(F)F)C(C#N)C(=N)N1c1ccc(C(N)=O)cc1. The Morgan fingerprint density at radius 3 is 2.04 bits per heavy atom. The van der Waals surface area contributed by atoms with Crippen LogP contribution in [0.1, 0.15) is 17.3 Å². The molecule has 0 bridgehead atoms. The molecule has 0 aromatic heterocycles. The van der Waals surface area contributed by atoms with Crippen molar-refractivity contribution in [2.45, 2.75) is 19.3 Å². The van der Waals surface area contributed by atoms with E-state index in [-0.39, 0.29) is 17.3 Å². The van der Waals surface area contributed by atoms with Crippen LogP contribution in [-0.4, -0.2) is 24.1 Å². The van der Waals surface area contributed by atoms with Gasteiger partial charge < -0.3 is 10.6 Å². The molecule has 3 N–H and O–H groups in total. The summed E-state index contributed by atoms with van der Waals surface area (Å²) in [4.78, 5) is 11.9. The highest BCUT2D eigenvalue weighted by atomic mass is 19.4. The van der Waals surface area contributed by atoms with Crippen LogP contribution in [0.4, 0.5) is 32.0 Å². The van der Waals surface area contributed by atoms with Gasteiger partial charge in [0.1, 0.15) is 11.8 Å². The van der Waals surface area contributed by atoms with Gasteiger partial charge >= 0.3 is 12.4 Å². The zero-order valence-electron chi connectivity index (χ0n) is 13.6. The van der Waals surface area contributed by atoms with Gasteiger partial charge in [0.05, 0.1) is 6.07 Å². The maximum atomic E-state index is 13.5. The molecular weight excluding hydrogens is 378 g/mol. The number of nitriles is 1. The van der Waals surface area contributed by atoms with Gasteiger partial charge in [-0.2, -0.15) is 31.6 Å². The predicted molar refractivity (Wildman–Crippen MR) is 82.6 cm³/mol. The van der Waals surface area contributed by atoms with Crippen molar-refractivity contribution < 1.29 is 31.1 Å². The monoisotopic (exact) mass is 390 g/mol. The number of hydrogen-bond donors (Lipinski definition) is 2. The van der Waals surface area contributed by atoms with Gasteiger partial charge in [-0.05, 0) is 37.3 Å². The molecule has 1 heterocycles. The van der Waals surface area contributed by atoms with Crippen LogP contribution in [-0.2, 0) is 0 Å². The van der Waals surface area contributed by atoms with Crippen molar-refractivity contribution in [1.82, 2.24) is 0 Å². The van der Waals surface area contributed by atoms with Crippen LogP contribution in [0.25, 0.3) is 0 Å². The largest absolute Gasteiger partial charge is 0.408 e. The molecule has 27 heavy (non-hydrogen) atoms. The number of nitrogens with two attached hydrogens (primary N) is 1. The normalized spacial score (nSPS) is 20.1. The topological polar surface area (TPSA) is 94.0 Å². The summed E-state index contributed by atoms with van der Waals surface area (Å²) in [5, 5.41) is 17.0. The predicted octanol–water partition coefficient (Wildman–Crippen LogP) is 3.74. The van der Waals surface area contributed by atoms with E-state index >= 15 is 0 Å². The number of alkyl halides is 6. The number of carbonyl (C=O) groups excluding carboxylic acids is 1. The molecule has 0 spiro atoms. The number of nitrogens with zero attached hydrogens (tertiary/aromatic N) is 2. The van der Waals surface area contributed by atoms with E-state index in [4.69, 9.17) is 16.4 Å². The molecule has 0 saturated heterocycles. The van der Waals surface area contributed by atoms with Crippen LogP contribution in [0.2, 0.25) is 0 Å². The lowest BCUT2D eigenvalue weighted by Crippen LogP contribution is -2.60. The molecule has 1 aliphatic rings. The third-order valence-corrected chi connectivity index (χ3v) is 4.24. The quantitative estimate of drug-likeness (QED) is 0.754. The molecule has 0 fully saturated rings. The van der Waals surface area contributed by atoms with Gasteiger partial charge in [0.25, 0.3) is 0 Å². The van der Waals surface area contributed by atoms with Crippen LogP contribution in [0, 0.1) is 28.1 Å². The highest BCUT2D eigenvalue weighted by molar-refractivity contribution is 6.03. The van der Waals surface area contributed by atoms with Crippen LogP contribution < -0.4 is 10.6 Å². The first-order valence-electron chi connectivity index (χ1n) is 7.29. The summed E-state index contributed by atoms with van der Waals surface area (Å²) >= 11 is 0. The summed E-state index contributed by atoms with van der Waals surface area (Å²) in [5.74, 6) is -4.82.